The SMILES string of the molecule is O=C(Cc1ccc(CC2CCNC2)cc1)Nc1ccc(Cl)cc1C(F)(F)F. The van der Waals surface area contributed by atoms with E-state index in [1.165, 1.54) is 17.7 Å². The summed E-state index contributed by atoms with van der Waals surface area (Å²) in [7, 11) is 0. The first kappa shape index (κ1) is 19.7. The number of carbonyl (C=O) groups excluding carboxylic acids is 1. The van der Waals surface area contributed by atoms with Gasteiger partial charge in [-0.25, -0.2) is 0 Å². The van der Waals surface area contributed by atoms with Gasteiger partial charge in [0.05, 0.1) is 17.7 Å². The molecule has 2 N–H and O–H groups in total. The first-order valence-electron chi connectivity index (χ1n) is 8.76. The molecule has 0 radical (unpaired) electrons. The smallest absolute Gasteiger partial charge is 0.325 e. The van der Waals surface area contributed by atoms with Crippen LogP contribution in [-0.4, -0.2) is 19.0 Å². The van der Waals surface area contributed by atoms with Gasteiger partial charge < -0.3 is 10.6 Å². The highest BCUT2D eigenvalue weighted by molar-refractivity contribution is 6.30. The molecule has 1 aliphatic heterocycles. The predicted molar refractivity (Wildman–Crippen MR) is 99.9 cm³/mol. The lowest BCUT2D eigenvalue weighted by molar-refractivity contribution is -0.137. The molecule has 0 aromatic heterocycles. The summed E-state index contributed by atoms with van der Waals surface area (Å²) in [4.78, 5) is 12.2. The molecule has 2 aromatic rings. The fraction of sp³-hybridized carbons (Fsp3) is 0.350. The van der Waals surface area contributed by atoms with Crippen molar-refractivity contribution < 1.29 is 18.0 Å². The van der Waals surface area contributed by atoms with Gasteiger partial charge >= 0.3 is 6.18 Å². The van der Waals surface area contributed by atoms with E-state index in [0.29, 0.717) is 5.92 Å². The second-order valence-corrected chi connectivity index (χ2v) is 7.23. The lowest BCUT2D eigenvalue weighted by atomic mass is 9.97. The Kier molecular flexibility index (Phi) is 6.07. The highest BCUT2D eigenvalue weighted by Crippen LogP contribution is 2.36. The molecule has 7 heteroatoms. The van der Waals surface area contributed by atoms with Gasteiger partial charge in [-0.2, -0.15) is 13.2 Å². The molecule has 0 aliphatic carbocycles. The van der Waals surface area contributed by atoms with E-state index in [4.69, 9.17) is 11.6 Å². The standard InChI is InChI=1S/C20H20ClF3N2O/c21-16-5-6-18(17(11-16)20(22,23)24)26-19(27)10-14-3-1-13(2-4-14)9-15-7-8-25-12-15/h1-6,11,15,25H,7-10,12H2,(H,26,27). The van der Waals surface area contributed by atoms with E-state index in [2.05, 4.69) is 10.6 Å². The Balaban J connectivity index is 1.62. The van der Waals surface area contributed by atoms with E-state index in [9.17, 15) is 18.0 Å². The average Bonchev–Trinajstić information content (AvgIpc) is 3.10. The number of halogens is 4. The van der Waals surface area contributed by atoms with Crippen molar-refractivity contribution in [3.05, 3.63) is 64.2 Å². The highest BCUT2D eigenvalue weighted by Gasteiger charge is 2.34. The molecule has 1 atom stereocenters. The maximum absolute atomic E-state index is 13.1. The summed E-state index contributed by atoms with van der Waals surface area (Å²) in [5, 5.41) is 5.64. The van der Waals surface area contributed by atoms with Crippen LogP contribution in [-0.2, 0) is 23.8 Å². The molecule has 144 valence electrons. The summed E-state index contributed by atoms with van der Waals surface area (Å²) in [5.41, 5.74) is 0.708. The molecule has 1 aliphatic rings. The van der Waals surface area contributed by atoms with E-state index < -0.39 is 17.6 Å². The van der Waals surface area contributed by atoms with Crippen molar-refractivity contribution in [3.63, 3.8) is 0 Å². The topological polar surface area (TPSA) is 41.1 Å². The van der Waals surface area contributed by atoms with Gasteiger partial charge in [-0.3, -0.25) is 4.79 Å². The Bertz CT molecular complexity index is 800. The lowest BCUT2D eigenvalue weighted by Crippen LogP contribution is -2.18. The molecule has 1 amide bonds. The van der Waals surface area contributed by atoms with Gasteiger partial charge in [0, 0.05) is 5.02 Å². The number of hydrogen-bond donors (Lipinski definition) is 2. The fourth-order valence-electron chi connectivity index (χ4n) is 3.25. The van der Waals surface area contributed by atoms with Crippen LogP contribution < -0.4 is 10.6 Å². The Labute approximate surface area is 160 Å². The predicted octanol–water partition coefficient (Wildman–Crippen LogP) is 4.69. The Morgan fingerprint density at radius 3 is 2.48 bits per heavy atom. The summed E-state index contributed by atoms with van der Waals surface area (Å²) in [5.74, 6) is 0.125. The molecule has 0 saturated carbocycles. The number of benzene rings is 2. The van der Waals surface area contributed by atoms with E-state index in [1.807, 2.05) is 24.3 Å². The monoisotopic (exact) mass is 396 g/mol. The zero-order valence-corrected chi connectivity index (χ0v) is 15.3. The minimum Gasteiger partial charge on any atom is -0.325 e. The number of nitrogens with one attached hydrogen (secondary N) is 2. The first-order chi connectivity index (χ1) is 12.8. The third-order valence-electron chi connectivity index (χ3n) is 4.64. The van der Waals surface area contributed by atoms with Crippen LogP contribution in [0.2, 0.25) is 5.02 Å². The van der Waals surface area contributed by atoms with E-state index in [-0.39, 0.29) is 17.1 Å². The number of anilines is 1. The van der Waals surface area contributed by atoms with Crippen LogP contribution in [0.25, 0.3) is 0 Å². The zero-order valence-electron chi connectivity index (χ0n) is 14.6. The van der Waals surface area contributed by atoms with Gasteiger partial charge in [0.1, 0.15) is 0 Å². The molecular weight excluding hydrogens is 377 g/mol. The van der Waals surface area contributed by atoms with Gasteiger partial charge in [0.15, 0.2) is 0 Å². The minimum atomic E-state index is -4.59. The van der Waals surface area contributed by atoms with Crippen molar-refractivity contribution in [2.24, 2.45) is 5.92 Å². The van der Waals surface area contributed by atoms with E-state index in [1.54, 1.807) is 0 Å². The third kappa shape index (κ3) is 5.47. The fourth-order valence-corrected chi connectivity index (χ4v) is 3.43. The molecule has 1 unspecified atom stereocenters. The van der Waals surface area contributed by atoms with Gasteiger partial charge in [-0.15, -0.1) is 0 Å². The van der Waals surface area contributed by atoms with E-state index in [0.717, 1.165) is 37.6 Å². The molecule has 0 spiro atoms. The van der Waals surface area contributed by atoms with Crippen LogP contribution >= 0.6 is 11.6 Å². The maximum atomic E-state index is 13.1. The Hall–Kier alpha value is -2.05. The van der Waals surface area contributed by atoms with Gasteiger partial charge in [0.2, 0.25) is 5.91 Å². The first-order valence-corrected chi connectivity index (χ1v) is 9.14. The van der Waals surface area contributed by atoms with Crippen molar-refractivity contribution in [2.75, 3.05) is 18.4 Å². The Morgan fingerprint density at radius 2 is 1.85 bits per heavy atom. The van der Waals surface area contributed by atoms with Crippen LogP contribution in [0, 0.1) is 5.92 Å². The molecule has 0 bridgehead atoms. The van der Waals surface area contributed by atoms with Crippen molar-refractivity contribution in [2.45, 2.75) is 25.4 Å². The van der Waals surface area contributed by atoms with Crippen molar-refractivity contribution in [3.8, 4) is 0 Å². The zero-order chi connectivity index (χ0) is 19.4. The van der Waals surface area contributed by atoms with E-state index >= 15 is 0 Å². The molecule has 1 heterocycles. The molecule has 2 aromatic carbocycles. The second-order valence-electron chi connectivity index (χ2n) is 6.79. The molecule has 3 rings (SSSR count). The van der Waals surface area contributed by atoms with Crippen LogP contribution in [0.3, 0.4) is 0 Å². The lowest BCUT2D eigenvalue weighted by Gasteiger charge is -2.14. The van der Waals surface area contributed by atoms with Crippen LogP contribution in [0.15, 0.2) is 42.5 Å². The molecule has 27 heavy (non-hydrogen) atoms. The summed E-state index contributed by atoms with van der Waals surface area (Å²) >= 11 is 5.65. The van der Waals surface area contributed by atoms with Crippen molar-refractivity contribution >= 4 is 23.2 Å². The van der Waals surface area contributed by atoms with Crippen LogP contribution in [0.1, 0.15) is 23.1 Å². The second kappa shape index (κ2) is 8.31. The van der Waals surface area contributed by atoms with Crippen LogP contribution in [0.4, 0.5) is 18.9 Å². The van der Waals surface area contributed by atoms with Crippen LogP contribution in [0.5, 0.6) is 0 Å². The van der Waals surface area contributed by atoms with Gasteiger partial charge in [0.25, 0.3) is 0 Å². The van der Waals surface area contributed by atoms with Gasteiger partial charge in [-0.05, 0) is 61.2 Å². The summed E-state index contributed by atoms with van der Waals surface area (Å²) < 4.78 is 39.3. The van der Waals surface area contributed by atoms with Crippen molar-refractivity contribution in [1.29, 1.82) is 0 Å². The minimum absolute atomic E-state index is 0.00515. The summed E-state index contributed by atoms with van der Waals surface area (Å²) in [6.07, 6.45) is -2.44. The Morgan fingerprint density at radius 1 is 1.15 bits per heavy atom. The van der Waals surface area contributed by atoms with Crippen molar-refractivity contribution in [1.82, 2.24) is 5.32 Å². The highest BCUT2D eigenvalue weighted by atomic mass is 35.5. The number of carbonyl (C=O) groups is 1. The van der Waals surface area contributed by atoms with Gasteiger partial charge in [-0.1, -0.05) is 35.9 Å². The summed E-state index contributed by atoms with van der Waals surface area (Å²) in [6, 6.07) is 11.0. The number of alkyl halides is 3. The number of hydrogen-bond acceptors (Lipinski definition) is 2. The molecule has 1 fully saturated rings. The largest absolute Gasteiger partial charge is 0.418 e. The molecule has 1 saturated heterocycles. The maximum Gasteiger partial charge on any atom is 0.418 e. The quantitative estimate of drug-likeness (QED) is 0.769. The number of rotatable bonds is 5. The normalized spacial score (nSPS) is 17.1. The summed E-state index contributed by atoms with van der Waals surface area (Å²) in [6.45, 7) is 2.07. The average molecular weight is 397 g/mol. The third-order valence-corrected chi connectivity index (χ3v) is 4.87. The molecular formula is C20H20ClF3N2O. The number of amides is 1. The molecule has 3 nitrogen and oxygen atoms in total.